The molecule has 0 aromatic heterocycles. The molecule has 1 saturated carbocycles. The average Bonchev–Trinajstić information content (AvgIpc) is 2.35. The number of rotatable bonds is 0. The highest BCUT2D eigenvalue weighted by molar-refractivity contribution is 6.05. The smallest absolute Gasteiger partial charge is 0.233 e. The van der Waals surface area contributed by atoms with Crippen LogP contribution in [0.1, 0.15) is 46.0 Å². The van der Waals surface area contributed by atoms with Gasteiger partial charge in [-0.3, -0.25) is 14.9 Å². The van der Waals surface area contributed by atoms with Gasteiger partial charge in [0.2, 0.25) is 11.8 Å². The van der Waals surface area contributed by atoms with E-state index in [1.165, 1.54) is 0 Å². The van der Waals surface area contributed by atoms with E-state index >= 15 is 0 Å². The van der Waals surface area contributed by atoms with Crippen molar-refractivity contribution in [1.82, 2.24) is 5.32 Å². The third kappa shape index (κ3) is 1.45. The largest absolute Gasteiger partial charge is 0.296 e. The summed E-state index contributed by atoms with van der Waals surface area (Å²) in [4.78, 5) is 22.8. The molecule has 2 aliphatic rings. The molecule has 0 atom stereocenters. The Morgan fingerprint density at radius 1 is 1.07 bits per heavy atom. The molecule has 1 spiro atoms. The van der Waals surface area contributed by atoms with Crippen LogP contribution in [0.4, 0.5) is 0 Å². The van der Waals surface area contributed by atoms with Crippen molar-refractivity contribution in [3.8, 4) is 0 Å². The van der Waals surface area contributed by atoms with Gasteiger partial charge < -0.3 is 0 Å². The highest BCUT2D eigenvalue weighted by atomic mass is 16.2. The van der Waals surface area contributed by atoms with E-state index in [2.05, 4.69) is 19.2 Å². The van der Waals surface area contributed by atoms with E-state index in [1.807, 2.05) is 0 Å². The second kappa shape index (κ2) is 2.81. The summed E-state index contributed by atoms with van der Waals surface area (Å²) in [5, 5.41) is 2.43. The van der Waals surface area contributed by atoms with Crippen molar-refractivity contribution in [2.45, 2.75) is 46.0 Å². The molecule has 0 radical (unpaired) electrons. The predicted octanol–water partition coefficient (Wildman–Crippen LogP) is 1.62. The normalized spacial score (nSPS) is 29.3. The summed E-state index contributed by atoms with van der Waals surface area (Å²) in [6.45, 7) is 4.46. The Balaban J connectivity index is 2.13. The highest BCUT2D eigenvalue weighted by Crippen LogP contribution is 2.48. The van der Waals surface area contributed by atoms with E-state index in [1.54, 1.807) is 0 Å². The summed E-state index contributed by atoms with van der Waals surface area (Å²) in [5.41, 5.74) is 0.00374. The van der Waals surface area contributed by atoms with Gasteiger partial charge in [-0.05, 0) is 31.1 Å². The van der Waals surface area contributed by atoms with E-state index in [0.717, 1.165) is 25.7 Å². The number of carbonyl (C=O) groups is 2. The molecule has 0 unspecified atom stereocenters. The molecule has 1 aliphatic heterocycles. The van der Waals surface area contributed by atoms with Crippen molar-refractivity contribution in [3.63, 3.8) is 0 Å². The van der Waals surface area contributed by atoms with E-state index in [9.17, 15) is 9.59 Å². The Hall–Kier alpha value is -0.860. The first kappa shape index (κ1) is 9.69. The third-order valence-electron chi connectivity index (χ3n) is 3.79. The minimum Gasteiger partial charge on any atom is -0.296 e. The van der Waals surface area contributed by atoms with Crippen molar-refractivity contribution in [2.24, 2.45) is 10.8 Å². The van der Waals surface area contributed by atoms with Crippen LogP contribution in [0.3, 0.4) is 0 Å². The fourth-order valence-electron chi connectivity index (χ4n) is 2.50. The monoisotopic (exact) mass is 195 g/mol. The molecule has 3 nitrogen and oxygen atoms in total. The Kier molecular flexibility index (Phi) is 1.95. The van der Waals surface area contributed by atoms with Crippen molar-refractivity contribution < 1.29 is 9.59 Å². The number of carbonyl (C=O) groups excluding carboxylic acids is 2. The van der Waals surface area contributed by atoms with Gasteiger partial charge in [0.25, 0.3) is 0 Å². The van der Waals surface area contributed by atoms with Gasteiger partial charge in [-0.25, -0.2) is 0 Å². The lowest BCUT2D eigenvalue weighted by molar-refractivity contribution is -0.130. The molecule has 78 valence electrons. The molecule has 1 heterocycles. The SMILES string of the molecule is CC1(C)CCC2(CC1)CC(=O)NC2=O. The zero-order chi connectivity index (χ0) is 10.4. The van der Waals surface area contributed by atoms with E-state index in [0.29, 0.717) is 11.8 Å². The second-order valence-corrected chi connectivity index (χ2v) is 5.50. The molecule has 3 heteroatoms. The second-order valence-electron chi connectivity index (χ2n) is 5.50. The van der Waals surface area contributed by atoms with Crippen LogP contribution in [0.15, 0.2) is 0 Å². The molecule has 0 aromatic carbocycles. The Bertz CT molecular complexity index is 284. The van der Waals surface area contributed by atoms with Gasteiger partial charge >= 0.3 is 0 Å². The van der Waals surface area contributed by atoms with Crippen LogP contribution >= 0.6 is 0 Å². The summed E-state index contributed by atoms with van der Waals surface area (Å²) in [5.74, 6) is -0.118. The lowest BCUT2D eigenvalue weighted by atomic mass is 9.64. The number of imide groups is 1. The molecule has 0 aromatic rings. The molecule has 1 aliphatic carbocycles. The topological polar surface area (TPSA) is 46.2 Å². The number of amides is 2. The van der Waals surface area contributed by atoms with Crippen LogP contribution in [-0.2, 0) is 9.59 Å². The first-order valence-corrected chi connectivity index (χ1v) is 5.28. The summed E-state index contributed by atoms with van der Waals surface area (Å²) in [6.07, 6.45) is 4.26. The van der Waals surface area contributed by atoms with Gasteiger partial charge in [-0.15, -0.1) is 0 Å². The van der Waals surface area contributed by atoms with Gasteiger partial charge in [0.05, 0.1) is 5.41 Å². The lowest BCUT2D eigenvalue weighted by Gasteiger charge is -2.38. The van der Waals surface area contributed by atoms with E-state index < -0.39 is 0 Å². The minimum absolute atomic E-state index is 0.0296. The van der Waals surface area contributed by atoms with Crippen LogP contribution in [0.25, 0.3) is 0 Å². The van der Waals surface area contributed by atoms with Gasteiger partial charge in [0.1, 0.15) is 0 Å². The van der Waals surface area contributed by atoms with Gasteiger partial charge in [-0.2, -0.15) is 0 Å². The van der Waals surface area contributed by atoms with Gasteiger partial charge in [-0.1, -0.05) is 13.8 Å². The average molecular weight is 195 g/mol. The van der Waals surface area contributed by atoms with E-state index in [4.69, 9.17) is 0 Å². The Labute approximate surface area is 84.2 Å². The maximum atomic E-state index is 11.6. The molecule has 2 amide bonds. The van der Waals surface area contributed by atoms with Crippen molar-refractivity contribution in [2.75, 3.05) is 0 Å². The number of nitrogens with one attached hydrogen (secondary N) is 1. The summed E-state index contributed by atoms with van der Waals surface area (Å²) in [7, 11) is 0. The highest BCUT2D eigenvalue weighted by Gasteiger charge is 2.49. The zero-order valence-corrected chi connectivity index (χ0v) is 8.85. The summed E-state index contributed by atoms with van der Waals surface area (Å²) < 4.78 is 0. The molecule has 2 rings (SSSR count). The quantitative estimate of drug-likeness (QED) is 0.597. The molecule has 1 saturated heterocycles. The fraction of sp³-hybridized carbons (Fsp3) is 0.818. The van der Waals surface area contributed by atoms with Crippen LogP contribution in [0, 0.1) is 10.8 Å². The number of hydrogen-bond donors (Lipinski definition) is 1. The van der Waals surface area contributed by atoms with E-state index in [-0.39, 0.29) is 17.2 Å². The maximum absolute atomic E-state index is 11.6. The van der Waals surface area contributed by atoms with Crippen LogP contribution in [-0.4, -0.2) is 11.8 Å². The maximum Gasteiger partial charge on any atom is 0.233 e. The molecule has 1 N–H and O–H groups in total. The zero-order valence-electron chi connectivity index (χ0n) is 8.85. The van der Waals surface area contributed by atoms with Crippen LogP contribution in [0.2, 0.25) is 0 Å². The van der Waals surface area contributed by atoms with Crippen molar-refractivity contribution in [1.29, 1.82) is 0 Å². The minimum atomic E-state index is -0.341. The van der Waals surface area contributed by atoms with Gasteiger partial charge in [0, 0.05) is 6.42 Å². The Morgan fingerprint density at radius 3 is 2.07 bits per heavy atom. The summed E-state index contributed by atoms with van der Waals surface area (Å²) in [6, 6.07) is 0. The Morgan fingerprint density at radius 2 is 1.64 bits per heavy atom. The molecule has 0 bridgehead atoms. The summed E-state index contributed by atoms with van der Waals surface area (Å²) >= 11 is 0. The molecular formula is C11H17NO2. The van der Waals surface area contributed by atoms with Crippen LogP contribution in [0.5, 0.6) is 0 Å². The van der Waals surface area contributed by atoms with Crippen molar-refractivity contribution in [3.05, 3.63) is 0 Å². The third-order valence-corrected chi connectivity index (χ3v) is 3.79. The first-order valence-electron chi connectivity index (χ1n) is 5.28. The van der Waals surface area contributed by atoms with Crippen molar-refractivity contribution >= 4 is 11.8 Å². The van der Waals surface area contributed by atoms with Crippen LogP contribution < -0.4 is 5.32 Å². The molecule has 2 fully saturated rings. The number of hydrogen-bond acceptors (Lipinski definition) is 2. The van der Waals surface area contributed by atoms with Gasteiger partial charge in [0.15, 0.2) is 0 Å². The standard InChI is InChI=1S/C11H17NO2/c1-10(2)3-5-11(6-4-10)7-8(13)12-9(11)14/h3-7H2,1-2H3,(H,12,13,14). The first-order chi connectivity index (χ1) is 6.44. The lowest BCUT2D eigenvalue weighted by Crippen LogP contribution is -2.37. The molecular weight excluding hydrogens is 178 g/mol. The fourth-order valence-corrected chi connectivity index (χ4v) is 2.50. The predicted molar refractivity (Wildman–Crippen MR) is 52.4 cm³/mol. The molecule has 14 heavy (non-hydrogen) atoms.